The van der Waals surface area contributed by atoms with Crippen LogP contribution in [-0.4, -0.2) is 34.7 Å². The Bertz CT molecular complexity index is 1500. The molecule has 4 aromatic rings. The van der Waals surface area contributed by atoms with Crippen LogP contribution in [0.1, 0.15) is 27.0 Å². The second kappa shape index (κ2) is 11.8. The van der Waals surface area contributed by atoms with E-state index < -0.39 is 0 Å². The van der Waals surface area contributed by atoms with Gasteiger partial charge in [-0.3, -0.25) is 14.4 Å². The highest BCUT2D eigenvalue weighted by Crippen LogP contribution is 2.19. The lowest BCUT2D eigenvalue weighted by atomic mass is 10.1. The molecule has 0 fully saturated rings. The number of rotatable bonds is 9. The molecule has 4 rings (SSSR count). The molecule has 0 aliphatic carbocycles. The van der Waals surface area contributed by atoms with Crippen LogP contribution in [0.2, 0.25) is 0 Å². The smallest absolute Gasteiger partial charge is 0.255 e. The van der Waals surface area contributed by atoms with Crippen LogP contribution in [0, 0.1) is 6.92 Å². The number of hydrogen-bond donors (Lipinski definition) is 0. The molecule has 1 aromatic heterocycles. The van der Waals surface area contributed by atoms with Crippen molar-refractivity contribution in [3.05, 3.63) is 129 Å². The standard InChI is InChI=1S/C30H27BrN2O4/c1-3-15-32(30(36)24-11-7-8-12-26(24)31)19-28(34)33(17-22-9-5-4-6-10-22)18-23-20-37-27-14-13-21(2)16-25(27)29(23)35/h3-14,16,20H,1,15,17-19H2,2H3. The van der Waals surface area contributed by atoms with Crippen LogP contribution in [0.4, 0.5) is 0 Å². The van der Waals surface area contributed by atoms with Gasteiger partial charge in [0.05, 0.1) is 29.3 Å². The zero-order chi connectivity index (χ0) is 26.4. The average Bonchev–Trinajstić information content (AvgIpc) is 2.90. The largest absolute Gasteiger partial charge is 0.464 e. The molecule has 1 heterocycles. The lowest BCUT2D eigenvalue weighted by Crippen LogP contribution is -2.43. The van der Waals surface area contributed by atoms with Crippen molar-refractivity contribution in [1.29, 1.82) is 0 Å². The van der Waals surface area contributed by atoms with Gasteiger partial charge in [-0.1, -0.05) is 60.2 Å². The minimum absolute atomic E-state index is 0.0467. The summed E-state index contributed by atoms with van der Waals surface area (Å²) in [4.78, 5) is 43.2. The van der Waals surface area contributed by atoms with Gasteiger partial charge in [0.1, 0.15) is 12.1 Å². The van der Waals surface area contributed by atoms with E-state index in [2.05, 4.69) is 22.5 Å². The summed E-state index contributed by atoms with van der Waals surface area (Å²) in [6.07, 6.45) is 3.00. The van der Waals surface area contributed by atoms with Crippen molar-refractivity contribution in [2.45, 2.75) is 20.0 Å². The highest BCUT2D eigenvalue weighted by atomic mass is 79.9. The number of aryl methyl sites for hydroxylation is 1. The van der Waals surface area contributed by atoms with Crippen LogP contribution in [-0.2, 0) is 17.9 Å². The van der Waals surface area contributed by atoms with E-state index in [1.54, 1.807) is 41.3 Å². The van der Waals surface area contributed by atoms with E-state index in [0.717, 1.165) is 11.1 Å². The van der Waals surface area contributed by atoms with Gasteiger partial charge in [-0.2, -0.15) is 0 Å². The van der Waals surface area contributed by atoms with Gasteiger partial charge < -0.3 is 14.2 Å². The third kappa shape index (κ3) is 6.24. The molecule has 2 amide bonds. The van der Waals surface area contributed by atoms with E-state index in [4.69, 9.17) is 4.42 Å². The molecule has 6 nitrogen and oxygen atoms in total. The Morgan fingerprint density at radius 2 is 1.70 bits per heavy atom. The predicted molar refractivity (Wildman–Crippen MR) is 148 cm³/mol. The number of nitrogens with zero attached hydrogens (tertiary/aromatic N) is 2. The second-order valence-corrected chi connectivity index (χ2v) is 9.63. The van der Waals surface area contributed by atoms with E-state index in [1.165, 1.54) is 11.2 Å². The minimum atomic E-state index is -0.296. The van der Waals surface area contributed by atoms with Crippen LogP contribution >= 0.6 is 15.9 Å². The molecule has 188 valence electrons. The summed E-state index contributed by atoms with van der Waals surface area (Å²) in [5.41, 5.74) is 3.00. The summed E-state index contributed by atoms with van der Waals surface area (Å²) in [7, 11) is 0. The summed E-state index contributed by atoms with van der Waals surface area (Å²) in [6, 6.07) is 22.0. The van der Waals surface area contributed by atoms with Gasteiger partial charge in [-0.25, -0.2) is 0 Å². The number of carbonyl (C=O) groups is 2. The molecule has 0 spiro atoms. The van der Waals surface area contributed by atoms with E-state index in [9.17, 15) is 14.4 Å². The maximum Gasteiger partial charge on any atom is 0.255 e. The number of halogens is 1. The van der Waals surface area contributed by atoms with Gasteiger partial charge in [0.15, 0.2) is 5.43 Å². The molecule has 0 saturated carbocycles. The van der Waals surface area contributed by atoms with Gasteiger partial charge in [0.2, 0.25) is 5.91 Å². The fourth-order valence-electron chi connectivity index (χ4n) is 4.08. The first-order valence-corrected chi connectivity index (χ1v) is 12.6. The third-order valence-corrected chi connectivity index (χ3v) is 6.69. The molecule has 0 aliphatic heterocycles. The minimum Gasteiger partial charge on any atom is -0.464 e. The molecule has 0 N–H and O–H groups in total. The molecular weight excluding hydrogens is 532 g/mol. The number of hydrogen-bond acceptors (Lipinski definition) is 4. The Morgan fingerprint density at radius 1 is 0.973 bits per heavy atom. The zero-order valence-corrected chi connectivity index (χ0v) is 22.1. The average molecular weight is 559 g/mol. The second-order valence-electron chi connectivity index (χ2n) is 8.78. The molecular formula is C30H27BrN2O4. The number of benzene rings is 3. The fraction of sp³-hybridized carbons (Fsp3) is 0.167. The summed E-state index contributed by atoms with van der Waals surface area (Å²) in [6.45, 7) is 6.01. The molecule has 7 heteroatoms. The summed E-state index contributed by atoms with van der Waals surface area (Å²) >= 11 is 3.42. The van der Waals surface area contributed by atoms with E-state index in [-0.39, 0.29) is 43.4 Å². The van der Waals surface area contributed by atoms with Crippen LogP contribution in [0.3, 0.4) is 0 Å². The summed E-state index contributed by atoms with van der Waals surface area (Å²) in [5.74, 6) is -0.587. The van der Waals surface area contributed by atoms with Crippen molar-refractivity contribution >= 4 is 38.7 Å². The monoisotopic (exact) mass is 558 g/mol. The Morgan fingerprint density at radius 3 is 2.43 bits per heavy atom. The molecule has 37 heavy (non-hydrogen) atoms. The Labute approximate surface area is 223 Å². The van der Waals surface area contributed by atoms with Crippen LogP contribution in [0.25, 0.3) is 11.0 Å². The van der Waals surface area contributed by atoms with Crippen molar-refractivity contribution in [3.8, 4) is 0 Å². The molecule has 3 aromatic carbocycles. The van der Waals surface area contributed by atoms with Crippen molar-refractivity contribution in [2.75, 3.05) is 13.1 Å². The van der Waals surface area contributed by atoms with Gasteiger partial charge in [-0.15, -0.1) is 6.58 Å². The van der Waals surface area contributed by atoms with Crippen LogP contribution in [0.5, 0.6) is 0 Å². The first-order chi connectivity index (χ1) is 17.9. The highest BCUT2D eigenvalue weighted by Gasteiger charge is 2.24. The van der Waals surface area contributed by atoms with Crippen molar-refractivity contribution in [2.24, 2.45) is 0 Å². The predicted octanol–water partition coefficient (Wildman–Crippen LogP) is 5.72. The van der Waals surface area contributed by atoms with Crippen LogP contribution < -0.4 is 5.43 Å². The Balaban J connectivity index is 1.64. The van der Waals surface area contributed by atoms with E-state index in [1.807, 2.05) is 49.4 Å². The SMILES string of the molecule is C=CCN(CC(=O)N(Cc1ccccc1)Cc1coc2ccc(C)cc2c1=O)C(=O)c1ccccc1Br. The van der Waals surface area contributed by atoms with Gasteiger partial charge >= 0.3 is 0 Å². The van der Waals surface area contributed by atoms with Gasteiger partial charge in [0, 0.05) is 17.6 Å². The van der Waals surface area contributed by atoms with Crippen molar-refractivity contribution < 1.29 is 14.0 Å². The van der Waals surface area contributed by atoms with Crippen molar-refractivity contribution in [1.82, 2.24) is 9.80 Å². The van der Waals surface area contributed by atoms with Gasteiger partial charge in [0.25, 0.3) is 5.91 Å². The maximum absolute atomic E-state index is 13.6. The fourth-order valence-corrected chi connectivity index (χ4v) is 4.53. The lowest BCUT2D eigenvalue weighted by molar-refractivity contribution is -0.133. The molecule has 0 unspecified atom stereocenters. The van der Waals surface area contributed by atoms with Crippen molar-refractivity contribution in [3.63, 3.8) is 0 Å². The molecule has 0 radical (unpaired) electrons. The lowest BCUT2D eigenvalue weighted by Gasteiger charge is -2.27. The molecule has 0 bridgehead atoms. The van der Waals surface area contributed by atoms with E-state index >= 15 is 0 Å². The quantitative estimate of drug-likeness (QED) is 0.246. The molecule has 0 saturated heterocycles. The first-order valence-electron chi connectivity index (χ1n) is 11.8. The maximum atomic E-state index is 13.6. The highest BCUT2D eigenvalue weighted by molar-refractivity contribution is 9.10. The van der Waals surface area contributed by atoms with E-state index in [0.29, 0.717) is 26.6 Å². The topological polar surface area (TPSA) is 70.8 Å². The Kier molecular flexibility index (Phi) is 8.36. The summed E-state index contributed by atoms with van der Waals surface area (Å²) in [5, 5.41) is 0.474. The normalized spacial score (nSPS) is 10.8. The van der Waals surface area contributed by atoms with Crippen LogP contribution in [0.15, 0.2) is 105 Å². The summed E-state index contributed by atoms with van der Waals surface area (Å²) < 4.78 is 6.36. The third-order valence-electron chi connectivity index (χ3n) is 6.00. The Hall–Kier alpha value is -3.97. The van der Waals surface area contributed by atoms with Gasteiger partial charge in [-0.05, 0) is 52.7 Å². The molecule has 0 aliphatic rings. The molecule has 0 atom stereocenters. The zero-order valence-electron chi connectivity index (χ0n) is 20.5. The number of amides is 2. The number of carbonyl (C=O) groups excluding carboxylic acids is 2. The first kappa shape index (κ1) is 26.1. The number of fused-ring (bicyclic) bond motifs is 1.